The van der Waals surface area contributed by atoms with E-state index in [1.807, 2.05) is 22.9 Å². The number of aryl methyl sites for hydroxylation is 1. The van der Waals surface area contributed by atoms with Crippen molar-refractivity contribution >= 4 is 0 Å². The number of benzene rings is 1. The second-order valence-electron chi connectivity index (χ2n) is 6.70. The number of aliphatic hydroxyl groups excluding tert-OH is 1. The van der Waals surface area contributed by atoms with Gasteiger partial charge in [-0.3, -0.25) is 9.58 Å². The van der Waals surface area contributed by atoms with Gasteiger partial charge in [-0.05, 0) is 38.4 Å². The van der Waals surface area contributed by atoms with E-state index in [1.165, 1.54) is 16.8 Å². The molecule has 0 fully saturated rings. The number of nitrogens with zero attached hydrogens (tertiary/aromatic N) is 3. The smallest absolute Gasteiger partial charge is 0.0951 e. The zero-order valence-corrected chi connectivity index (χ0v) is 15.0. The monoisotopic (exact) mass is 329 g/mol. The highest BCUT2D eigenvalue weighted by molar-refractivity contribution is 5.36. The third-order valence-corrected chi connectivity index (χ3v) is 5.18. The maximum Gasteiger partial charge on any atom is 0.0951 e. The van der Waals surface area contributed by atoms with Crippen molar-refractivity contribution in [3.05, 3.63) is 52.3 Å². The van der Waals surface area contributed by atoms with Crippen LogP contribution in [0.3, 0.4) is 0 Å². The van der Waals surface area contributed by atoms with Crippen molar-refractivity contribution in [1.29, 1.82) is 0 Å². The van der Waals surface area contributed by atoms with E-state index in [2.05, 4.69) is 37.0 Å². The first-order valence-electron chi connectivity index (χ1n) is 8.50. The molecule has 1 aromatic heterocycles. The average Bonchev–Trinajstić information content (AvgIpc) is 3.05. The molecule has 2 atom stereocenters. The predicted octanol–water partition coefficient (Wildman–Crippen LogP) is 2.24. The highest BCUT2D eigenvalue weighted by Crippen LogP contribution is 2.34. The number of methoxy groups -OCH3 is 1. The minimum Gasteiger partial charge on any atom is -0.387 e. The molecule has 3 rings (SSSR count). The minimum absolute atomic E-state index is 0.114. The lowest BCUT2D eigenvalue weighted by molar-refractivity contribution is 0.0719. The molecule has 1 heterocycles. The molecule has 0 radical (unpaired) electrons. The van der Waals surface area contributed by atoms with Crippen molar-refractivity contribution in [2.24, 2.45) is 0 Å². The lowest BCUT2D eigenvalue weighted by Crippen LogP contribution is -2.34. The number of ether oxygens (including phenoxy) is 1. The van der Waals surface area contributed by atoms with Gasteiger partial charge >= 0.3 is 0 Å². The number of fused-ring (bicyclic) bond motifs is 1. The SMILES string of the molecule is COCCn1nc(C)c(CN(C)[C@@H]2Cc3ccccc3[C@@H]2O)c1C. The van der Waals surface area contributed by atoms with Crippen LogP contribution in [0.5, 0.6) is 0 Å². The van der Waals surface area contributed by atoms with Gasteiger partial charge in [-0.1, -0.05) is 24.3 Å². The number of likely N-dealkylation sites (N-methyl/N-ethyl adjacent to an activating group) is 1. The first kappa shape index (κ1) is 17.1. The normalized spacial score (nSPS) is 19.9. The molecule has 0 aliphatic heterocycles. The van der Waals surface area contributed by atoms with Crippen LogP contribution >= 0.6 is 0 Å². The molecule has 0 unspecified atom stereocenters. The van der Waals surface area contributed by atoms with E-state index in [1.54, 1.807) is 7.11 Å². The van der Waals surface area contributed by atoms with Gasteiger partial charge < -0.3 is 9.84 Å². The number of aromatic nitrogens is 2. The van der Waals surface area contributed by atoms with E-state index in [9.17, 15) is 5.11 Å². The zero-order chi connectivity index (χ0) is 17.3. The van der Waals surface area contributed by atoms with Crippen LogP contribution in [0, 0.1) is 13.8 Å². The van der Waals surface area contributed by atoms with Crippen LogP contribution in [0.25, 0.3) is 0 Å². The standard InChI is InChI=1S/C19H27N3O2/c1-13-17(14(2)22(20-13)9-10-24-4)12-21(3)18-11-15-7-5-6-8-16(15)19(18)23/h5-8,18-19,23H,9-12H2,1-4H3/t18-,19+/m1/s1. The van der Waals surface area contributed by atoms with Gasteiger partial charge in [-0.2, -0.15) is 5.10 Å². The van der Waals surface area contributed by atoms with Gasteiger partial charge in [0.1, 0.15) is 0 Å². The summed E-state index contributed by atoms with van der Waals surface area (Å²) in [5, 5.41) is 15.3. The molecule has 130 valence electrons. The molecule has 24 heavy (non-hydrogen) atoms. The molecule has 0 spiro atoms. The fourth-order valence-electron chi connectivity index (χ4n) is 3.67. The highest BCUT2D eigenvalue weighted by Gasteiger charge is 2.33. The predicted molar refractivity (Wildman–Crippen MR) is 93.9 cm³/mol. The molecule has 1 aliphatic carbocycles. The number of hydrogen-bond acceptors (Lipinski definition) is 4. The Bertz CT molecular complexity index is 711. The Morgan fingerprint density at radius 3 is 2.79 bits per heavy atom. The van der Waals surface area contributed by atoms with Crippen molar-refractivity contribution in [1.82, 2.24) is 14.7 Å². The lowest BCUT2D eigenvalue weighted by atomic mass is 10.1. The molecule has 2 aromatic rings. The summed E-state index contributed by atoms with van der Waals surface area (Å²) in [4.78, 5) is 2.25. The number of rotatable bonds is 6. The quantitative estimate of drug-likeness (QED) is 0.883. The average molecular weight is 329 g/mol. The van der Waals surface area contributed by atoms with E-state index in [0.717, 1.165) is 30.8 Å². The van der Waals surface area contributed by atoms with Crippen LogP contribution in [0.15, 0.2) is 24.3 Å². The van der Waals surface area contributed by atoms with Gasteiger partial charge in [0.15, 0.2) is 0 Å². The van der Waals surface area contributed by atoms with E-state index in [4.69, 9.17) is 4.74 Å². The summed E-state index contributed by atoms with van der Waals surface area (Å²) in [5.41, 5.74) is 5.81. The summed E-state index contributed by atoms with van der Waals surface area (Å²) in [6.45, 7) is 6.39. The van der Waals surface area contributed by atoms with E-state index in [0.29, 0.717) is 6.61 Å². The molecule has 0 bridgehead atoms. The molecule has 5 heteroatoms. The molecule has 0 amide bonds. The van der Waals surface area contributed by atoms with Crippen molar-refractivity contribution in [2.75, 3.05) is 20.8 Å². The Hall–Kier alpha value is -1.69. The van der Waals surface area contributed by atoms with Crippen LogP contribution in [0.1, 0.15) is 34.2 Å². The van der Waals surface area contributed by atoms with Gasteiger partial charge in [0.25, 0.3) is 0 Å². The number of hydrogen-bond donors (Lipinski definition) is 1. The van der Waals surface area contributed by atoms with Gasteiger partial charge in [0.05, 0.1) is 24.9 Å². The Morgan fingerprint density at radius 1 is 1.33 bits per heavy atom. The summed E-state index contributed by atoms with van der Waals surface area (Å²) in [6.07, 6.45) is 0.472. The highest BCUT2D eigenvalue weighted by atomic mass is 16.5. The van der Waals surface area contributed by atoms with Crippen molar-refractivity contribution in [3.8, 4) is 0 Å². The largest absolute Gasteiger partial charge is 0.387 e. The molecule has 5 nitrogen and oxygen atoms in total. The van der Waals surface area contributed by atoms with Crippen molar-refractivity contribution in [3.63, 3.8) is 0 Å². The first-order valence-corrected chi connectivity index (χ1v) is 8.50. The van der Waals surface area contributed by atoms with E-state index in [-0.39, 0.29) is 6.04 Å². The maximum atomic E-state index is 10.7. The van der Waals surface area contributed by atoms with E-state index < -0.39 is 6.10 Å². The third kappa shape index (κ3) is 3.11. The summed E-state index contributed by atoms with van der Waals surface area (Å²) < 4.78 is 7.17. The van der Waals surface area contributed by atoms with E-state index >= 15 is 0 Å². The second-order valence-corrected chi connectivity index (χ2v) is 6.70. The first-order chi connectivity index (χ1) is 11.5. The number of aliphatic hydroxyl groups is 1. The maximum absolute atomic E-state index is 10.7. The second kappa shape index (κ2) is 7.05. The third-order valence-electron chi connectivity index (χ3n) is 5.18. The topological polar surface area (TPSA) is 50.5 Å². The molecule has 1 N–H and O–H groups in total. The molecule has 0 saturated heterocycles. The Kier molecular flexibility index (Phi) is 5.04. The summed E-state index contributed by atoms with van der Waals surface area (Å²) >= 11 is 0. The van der Waals surface area contributed by atoms with Crippen LogP contribution in [0.4, 0.5) is 0 Å². The molecular weight excluding hydrogens is 302 g/mol. The van der Waals surface area contributed by atoms with Crippen LogP contribution in [-0.2, 0) is 24.2 Å². The van der Waals surface area contributed by atoms with Crippen molar-refractivity contribution < 1.29 is 9.84 Å². The summed E-state index contributed by atoms with van der Waals surface area (Å²) in [7, 11) is 3.80. The Balaban J connectivity index is 1.74. The van der Waals surface area contributed by atoms with Gasteiger partial charge in [0, 0.05) is 31.0 Å². The Morgan fingerprint density at radius 2 is 2.08 bits per heavy atom. The fourth-order valence-corrected chi connectivity index (χ4v) is 3.67. The molecule has 1 aromatic carbocycles. The molecular formula is C19H27N3O2. The van der Waals surface area contributed by atoms with Gasteiger partial charge in [-0.25, -0.2) is 0 Å². The minimum atomic E-state index is -0.421. The van der Waals surface area contributed by atoms with Crippen LogP contribution in [-0.4, -0.2) is 46.6 Å². The Labute approximate surface area is 143 Å². The van der Waals surface area contributed by atoms with Gasteiger partial charge in [0.2, 0.25) is 0 Å². The summed E-state index contributed by atoms with van der Waals surface area (Å²) in [6, 6.07) is 8.31. The molecule has 1 aliphatic rings. The van der Waals surface area contributed by atoms with Crippen molar-refractivity contribution in [2.45, 2.75) is 45.5 Å². The fraction of sp³-hybridized carbons (Fsp3) is 0.526. The van der Waals surface area contributed by atoms with Crippen LogP contribution < -0.4 is 0 Å². The van der Waals surface area contributed by atoms with Gasteiger partial charge in [-0.15, -0.1) is 0 Å². The summed E-state index contributed by atoms with van der Waals surface area (Å²) in [5.74, 6) is 0. The lowest BCUT2D eigenvalue weighted by Gasteiger charge is -2.27. The zero-order valence-electron chi connectivity index (χ0n) is 15.0. The molecule has 0 saturated carbocycles. The van der Waals surface area contributed by atoms with Crippen LogP contribution in [0.2, 0.25) is 0 Å².